The zero-order valence-corrected chi connectivity index (χ0v) is 11.5. The average Bonchev–Trinajstić information content (AvgIpc) is 2.96. The van der Waals surface area contributed by atoms with Crippen LogP contribution in [0.25, 0.3) is 10.8 Å². The van der Waals surface area contributed by atoms with Crippen LogP contribution in [0.15, 0.2) is 36.7 Å². The Morgan fingerprint density at radius 3 is 2.68 bits per heavy atom. The molecular weight excluding hydrogens is 234 g/mol. The van der Waals surface area contributed by atoms with Gasteiger partial charge in [-0.15, -0.1) is 0 Å². The van der Waals surface area contributed by atoms with E-state index in [0.717, 1.165) is 35.6 Å². The van der Waals surface area contributed by atoms with Gasteiger partial charge in [0.25, 0.3) is 0 Å². The van der Waals surface area contributed by atoms with Gasteiger partial charge < -0.3 is 5.11 Å². The number of aliphatic hydroxyl groups is 1. The predicted octanol–water partition coefficient (Wildman–Crippen LogP) is 4.24. The van der Waals surface area contributed by atoms with Crippen molar-refractivity contribution in [1.29, 1.82) is 0 Å². The number of pyridine rings is 1. The van der Waals surface area contributed by atoms with Crippen LogP contribution in [0.5, 0.6) is 0 Å². The minimum absolute atomic E-state index is 0.0613. The van der Waals surface area contributed by atoms with Crippen LogP contribution in [0.4, 0.5) is 0 Å². The Morgan fingerprint density at radius 1 is 1.21 bits per heavy atom. The molecule has 1 aromatic heterocycles. The molecule has 1 fully saturated rings. The fourth-order valence-corrected chi connectivity index (χ4v) is 3.59. The van der Waals surface area contributed by atoms with Gasteiger partial charge in [0.05, 0.1) is 6.10 Å². The summed E-state index contributed by atoms with van der Waals surface area (Å²) in [5.41, 5.74) is 1.06. The van der Waals surface area contributed by atoms with Crippen LogP contribution in [0.2, 0.25) is 0 Å². The Labute approximate surface area is 114 Å². The summed E-state index contributed by atoms with van der Waals surface area (Å²) in [4.78, 5) is 4.31. The summed E-state index contributed by atoms with van der Waals surface area (Å²) < 4.78 is 0. The zero-order chi connectivity index (χ0) is 13.3. The molecule has 0 amide bonds. The number of hydrogen-bond acceptors (Lipinski definition) is 2. The van der Waals surface area contributed by atoms with Crippen molar-refractivity contribution in [3.05, 3.63) is 42.2 Å². The summed E-state index contributed by atoms with van der Waals surface area (Å²) >= 11 is 0. The summed E-state index contributed by atoms with van der Waals surface area (Å²) in [6, 6.07) is 8.21. The molecule has 3 rings (SSSR count). The number of aromatic nitrogens is 1. The zero-order valence-electron chi connectivity index (χ0n) is 11.5. The van der Waals surface area contributed by atoms with Gasteiger partial charge >= 0.3 is 0 Å². The molecule has 0 spiro atoms. The number of rotatable bonds is 3. The molecule has 2 heteroatoms. The van der Waals surface area contributed by atoms with Gasteiger partial charge in [0, 0.05) is 28.8 Å². The highest BCUT2D eigenvalue weighted by atomic mass is 16.3. The Balaban J connectivity index is 2.08. The van der Waals surface area contributed by atoms with Crippen LogP contribution >= 0.6 is 0 Å². The lowest BCUT2D eigenvalue weighted by Crippen LogP contribution is -2.25. The standard InChI is InChI=1S/C17H21NO/c1-2-17(9-5-6-10-17)16(19)15-12-18-11-13-7-3-4-8-14(13)15/h3-4,7-8,11-12,16,19H,2,5-6,9-10H2,1H3. The van der Waals surface area contributed by atoms with Gasteiger partial charge in [-0.2, -0.15) is 0 Å². The minimum Gasteiger partial charge on any atom is -0.388 e. The van der Waals surface area contributed by atoms with E-state index in [0.29, 0.717) is 0 Å². The van der Waals surface area contributed by atoms with Gasteiger partial charge in [-0.05, 0) is 24.6 Å². The van der Waals surface area contributed by atoms with Crippen LogP contribution in [-0.2, 0) is 0 Å². The summed E-state index contributed by atoms with van der Waals surface area (Å²) in [5, 5.41) is 13.2. The van der Waals surface area contributed by atoms with E-state index in [-0.39, 0.29) is 5.41 Å². The van der Waals surface area contributed by atoms with Gasteiger partial charge in [0.2, 0.25) is 0 Å². The summed E-state index contributed by atoms with van der Waals surface area (Å²) in [6.07, 6.45) is 9.12. The van der Waals surface area contributed by atoms with E-state index in [1.807, 2.05) is 24.5 Å². The molecule has 1 heterocycles. The topological polar surface area (TPSA) is 33.1 Å². The van der Waals surface area contributed by atoms with E-state index in [4.69, 9.17) is 0 Å². The Bertz CT molecular complexity index is 567. The monoisotopic (exact) mass is 255 g/mol. The van der Waals surface area contributed by atoms with Crippen molar-refractivity contribution in [2.24, 2.45) is 5.41 Å². The molecule has 0 aliphatic heterocycles. The predicted molar refractivity (Wildman–Crippen MR) is 77.9 cm³/mol. The lowest BCUT2D eigenvalue weighted by Gasteiger charge is -2.34. The van der Waals surface area contributed by atoms with Crippen molar-refractivity contribution in [1.82, 2.24) is 4.98 Å². The van der Waals surface area contributed by atoms with Crippen molar-refractivity contribution in [2.45, 2.75) is 45.1 Å². The van der Waals surface area contributed by atoms with Crippen LogP contribution in [-0.4, -0.2) is 10.1 Å². The molecule has 1 unspecified atom stereocenters. The Kier molecular flexibility index (Phi) is 3.28. The number of hydrogen-bond donors (Lipinski definition) is 1. The Morgan fingerprint density at radius 2 is 1.95 bits per heavy atom. The van der Waals surface area contributed by atoms with Gasteiger partial charge in [0.15, 0.2) is 0 Å². The van der Waals surface area contributed by atoms with E-state index in [1.54, 1.807) is 0 Å². The molecule has 1 saturated carbocycles. The van der Waals surface area contributed by atoms with Gasteiger partial charge in [-0.3, -0.25) is 4.98 Å². The van der Waals surface area contributed by atoms with E-state index in [9.17, 15) is 5.11 Å². The molecule has 1 aromatic carbocycles. The second-order valence-electron chi connectivity index (χ2n) is 5.78. The molecule has 2 aromatic rings. The molecule has 1 aliphatic rings. The first-order chi connectivity index (χ1) is 9.27. The molecule has 1 N–H and O–H groups in total. The maximum absolute atomic E-state index is 10.9. The van der Waals surface area contributed by atoms with Gasteiger partial charge in [0.1, 0.15) is 0 Å². The fraction of sp³-hybridized carbons (Fsp3) is 0.471. The second-order valence-corrected chi connectivity index (χ2v) is 5.78. The van der Waals surface area contributed by atoms with Crippen LogP contribution in [0.1, 0.15) is 50.7 Å². The SMILES string of the molecule is CCC1(C(O)c2cncc3ccccc23)CCCC1. The smallest absolute Gasteiger partial charge is 0.0866 e. The van der Waals surface area contributed by atoms with Crippen LogP contribution < -0.4 is 0 Å². The van der Waals surface area contributed by atoms with Gasteiger partial charge in [-0.25, -0.2) is 0 Å². The summed E-state index contributed by atoms with van der Waals surface area (Å²) in [7, 11) is 0. The molecule has 1 atom stereocenters. The van der Waals surface area contributed by atoms with Crippen molar-refractivity contribution in [2.75, 3.05) is 0 Å². The largest absolute Gasteiger partial charge is 0.388 e. The molecule has 100 valence electrons. The molecule has 0 bridgehead atoms. The highest BCUT2D eigenvalue weighted by molar-refractivity contribution is 5.85. The molecular formula is C17H21NO. The van der Waals surface area contributed by atoms with Crippen molar-refractivity contribution in [3.63, 3.8) is 0 Å². The first-order valence-electron chi connectivity index (χ1n) is 7.27. The van der Waals surface area contributed by atoms with Crippen molar-refractivity contribution >= 4 is 10.8 Å². The Hall–Kier alpha value is -1.41. The lowest BCUT2D eigenvalue weighted by molar-refractivity contribution is 0.0246. The van der Waals surface area contributed by atoms with E-state index >= 15 is 0 Å². The third-order valence-electron chi connectivity index (χ3n) is 4.88. The first-order valence-corrected chi connectivity index (χ1v) is 7.27. The lowest BCUT2D eigenvalue weighted by atomic mass is 9.75. The fourth-order valence-electron chi connectivity index (χ4n) is 3.59. The number of nitrogens with zero attached hydrogens (tertiary/aromatic N) is 1. The highest BCUT2D eigenvalue weighted by Gasteiger charge is 2.40. The average molecular weight is 255 g/mol. The summed E-state index contributed by atoms with van der Waals surface area (Å²) in [5.74, 6) is 0. The number of fused-ring (bicyclic) bond motifs is 1. The van der Waals surface area contributed by atoms with E-state index < -0.39 is 6.10 Å². The molecule has 19 heavy (non-hydrogen) atoms. The van der Waals surface area contributed by atoms with E-state index in [1.165, 1.54) is 12.8 Å². The summed E-state index contributed by atoms with van der Waals surface area (Å²) in [6.45, 7) is 2.20. The highest BCUT2D eigenvalue weighted by Crippen LogP contribution is 2.50. The normalized spacial score (nSPS) is 19.7. The van der Waals surface area contributed by atoms with Crippen molar-refractivity contribution < 1.29 is 5.11 Å². The third kappa shape index (κ3) is 2.04. The molecule has 2 nitrogen and oxygen atoms in total. The van der Waals surface area contributed by atoms with Crippen molar-refractivity contribution in [3.8, 4) is 0 Å². The maximum atomic E-state index is 10.9. The molecule has 0 radical (unpaired) electrons. The number of aliphatic hydroxyl groups excluding tert-OH is 1. The third-order valence-corrected chi connectivity index (χ3v) is 4.88. The number of benzene rings is 1. The molecule has 0 saturated heterocycles. The quantitative estimate of drug-likeness (QED) is 0.890. The first kappa shape index (κ1) is 12.6. The second kappa shape index (κ2) is 4.93. The minimum atomic E-state index is -0.390. The van der Waals surface area contributed by atoms with Crippen LogP contribution in [0.3, 0.4) is 0 Å². The van der Waals surface area contributed by atoms with E-state index in [2.05, 4.69) is 24.0 Å². The molecule has 1 aliphatic carbocycles. The van der Waals surface area contributed by atoms with Gasteiger partial charge in [-0.1, -0.05) is 44.0 Å². The van der Waals surface area contributed by atoms with Crippen LogP contribution in [0, 0.1) is 5.41 Å². The maximum Gasteiger partial charge on any atom is 0.0866 e.